The molecule has 0 aromatic rings. The van der Waals surface area contributed by atoms with Crippen LogP contribution in [-0.2, 0) is 0 Å². The van der Waals surface area contributed by atoms with Crippen molar-refractivity contribution in [2.75, 3.05) is 0 Å². The van der Waals surface area contributed by atoms with E-state index in [2.05, 4.69) is 50.9 Å². The van der Waals surface area contributed by atoms with Gasteiger partial charge in [0.15, 0.2) is 0 Å². The lowest BCUT2D eigenvalue weighted by Gasteiger charge is -2.21. The topological polar surface area (TPSA) is 29.3 Å². The van der Waals surface area contributed by atoms with Crippen LogP contribution in [0.25, 0.3) is 0 Å². The SMILES string of the molecule is C=C1C=C(C2CC2C2=CCC(C)C=C2C)C=CN1/C=C\N. The minimum atomic E-state index is 0.657. The average Bonchev–Trinajstić information content (AvgIpc) is 3.21. The molecule has 3 unspecified atom stereocenters. The third-order valence-electron chi connectivity index (χ3n) is 4.66. The molecule has 3 atom stereocenters. The molecule has 2 N–H and O–H groups in total. The van der Waals surface area contributed by atoms with Crippen LogP contribution in [-0.4, -0.2) is 4.90 Å². The molecule has 2 aliphatic carbocycles. The quantitative estimate of drug-likeness (QED) is 0.838. The van der Waals surface area contributed by atoms with Gasteiger partial charge in [-0.2, -0.15) is 0 Å². The van der Waals surface area contributed by atoms with Gasteiger partial charge in [-0.15, -0.1) is 0 Å². The third-order valence-corrected chi connectivity index (χ3v) is 4.66. The standard InChI is InChI=1S/C19H24N2/c1-13-4-5-17(14(2)10-13)19-12-18(19)16-6-8-21(9-7-20)15(3)11-16/h5-11,13,18-19H,3-4,12,20H2,1-2H3/b9-7-. The monoisotopic (exact) mass is 280 g/mol. The van der Waals surface area contributed by atoms with Crippen LogP contribution in [0.4, 0.5) is 0 Å². The highest BCUT2D eigenvalue weighted by atomic mass is 15.1. The van der Waals surface area contributed by atoms with Crippen LogP contribution in [0.5, 0.6) is 0 Å². The summed E-state index contributed by atoms with van der Waals surface area (Å²) in [4.78, 5) is 1.95. The Labute approximate surface area is 127 Å². The average molecular weight is 280 g/mol. The number of hydrogen-bond donors (Lipinski definition) is 1. The second-order valence-corrected chi connectivity index (χ2v) is 6.37. The van der Waals surface area contributed by atoms with Crippen molar-refractivity contribution in [2.24, 2.45) is 23.5 Å². The van der Waals surface area contributed by atoms with Crippen molar-refractivity contribution in [1.82, 2.24) is 4.90 Å². The molecule has 0 amide bonds. The van der Waals surface area contributed by atoms with E-state index in [1.54, 1.807) is 5.57 Å². The Morgan fingerprint density at radius 3 is 2.86 bits per heavy atom. The molecule has 1 saturated carbocycles. The summed E-state index contributed by atoms with van der Waals surface area (Å²) in [6, 6.07) is 0. The number of allylic oxidation sites excluding steroid dienone is 7. The maximum atomic E-state index is 5.44. The molecule has 0 spiro atoms. The maximum Gasteiger partial charge on any atom is 0.0380 e. The van der Waals surface area contributed by atoms with Crippen molar-refractivity contribution in [2.45, 2.75) is 26.7 Å². The summed E-state index contributed by atoms with van der Waals surface area (Å²) in [5, 5.41) is 0. The predicted molar refractivity (Wildman–Crippen MR) is 88.7 cm³/mol. The van der Waals surface area contributed by atoms with Gasteiger partial charge in [-0.1, -0.05) is 31.2 Å². The van der Waals surface area contributed by atoms with Gasteiger partial charge >= 0.3 is 0 Å². The largest absolute Gasteiger partial charge is 0.403 e. The van der Waals surface area contributed by atoms with Gasteiger partial charge in [-0.25, -0.2) is 0 Å². The Balaban J connectivity index is 1.70. The first kappa shape index (κ1) is 14.0. The molecule has 1 heterocycles. The van der Waals surface area contributed by atoms with E-state index in [1.807, 2.05) is 11.1 Å². The molecular formula is C19H24N2. The molecule has 0 aromatic heterocycles. The van der Waals surface area contributed by atoms with Crippen molar-refractivity contribution in [3.63, 3.8) is 0 Å². The summed E-state index contributed by atoms with van der Waals surface area (Å²) >= 11 is 0. The van der Waals surface area contributed by atoms with Gasteiger partial charge in [0.2, 0.25) is 0 Å². The van der Waals surface area contributed by atoms with Crippen molar-refractivity contribution in [3.8, 4) is 0 Å². The normalized spacial score (nSPS) is 32.1. The second-order valence-electron chi connectivity index (χ2n) is 6.37. The molecule has 110 valence electrons. The number of nitrogens with zero attached hydrogens (tertiary/aromatic N) is 1. The summed E-state index contributed by atoms with van der Waals surface area (Å²) in [5.74, 6) is 2.05. The van der Waals surface area contributed by atoms with Crippen LogP contribution >= 0.6 is 0 Å². The number of hydrogen-bond acceptors (Lipinski definition) is 2. The summed E-state index contributed by atoms with van der Waals surface area (Å²) in [7, 11) is 0. The molecule has 3 rings (SSSR count). The van der Waals surface area contributed by atoms with E-state index in [0.717, 1.165) is 5.70 Å². The van der Waals surface area contributed by atoms with Gasteiger partial charge < -0.3 is 10.6 Å². The summed E-state index contributed by atoms with van der Waals surface area (Å²) in [6.07, 6.45) is 17.1. The van der Waals surface area contributed by atoms with E-state index in [-0.39, 0.29) is 0 Å². The molecule has 3 aliphatic rings. The fourth-order valence-electron chi connectivity index (χ4n) is 3.46. The lowest BCUT2D eigenvalue weighted by molar-refractivity contribution is 0.638. The Kier molecular flexibility index (Phi) is 3.62. The zero-order valence-corrected chi connectivity index (χ0v) is 12.9. The van der Waals surface area contributed by atoms with Gasteiger partial charge in [-0.05, 0) is 60.8 Å². The van der Waals surface area contributed by atoms with Crippen LogP contribution in [0, 0.1) is 17.8 Å². The molecule has 0 aromatic carbocycles. The predicted octanol–water partition coefficient (Wildman–Crippen LogP) is 4.23. The van der Waals surface area contributed by atoms with Crippen LogP contribution in [0.2, 0.25) is 0 Å². The van der Waals surface area contributed by atoms with Gasteiger partial charge in [0.05, 0.1) is 0 Å². The zero-order valence-electron chi connectivity index (χ0n) is 12.9. The molecule has 1 fully saturated rings. The molecular weight excluding hydrogens is 256 g/mol. The van der Waals surface area contributed by atoms with Gasteiger partial charge in [-0.3, -0.25) is 0 Å². The Morgan fingerprint density at radius 2 is 2.19 bits per heavy atom. The molecule has 21 heavy (non-hydrogen) atoms. The minimum absolute atomic E-state index is 0.657. The number of rotatable bonds is 3. The van der Waals surface area contributed by atoms with Crippen LogP contribution in [0.15, 0.2) is 71.9 Å². The summed E-state index contributed by atoms with van der Waals surface area (Å²) in [6.45, 7) is 8.65. The van der Waals surface area contributed by atoms with E-state index in [4.69, 9.17) is 5.73 Å². The van der Waals surface area contributed by atoms with Crippen molar-refractivity contribution >= 4 is 0 Å². The summed E-state index contributed by atoms with van der Waals surface area (Å²) < 4.78 is 0. The highest BCUT2D eigenvalue weighted by Gasteiger charge is 2.42. The Bertz CT molecular complexity index is 601. The third kappa shape index (κ3) is 2.76. The fourth-order valence-corrected chi connectivity index (χ4v) is 3.46. The fraction of sp³-hybridized carbons (Fsp3) is 0.368. The first-order valence-corrected chi connectivity index (χ1v) is 7.74. The van der Waals surface area contributed by atoms with Gasteiger partial charge in [0.25, 0.3) is 0 Å². The van der Waals surface area contributed by atoms with Gasteiger partial charge in [0.1, 0.15) is 0 Å². The summed E-state index contributed by atoms with van der Waals surface area (Å²) in [5.41, 5.74) is 10.9. The Hall–Kier alpha value is -1.96. The van der Waals surface area contributed by atoms with Gasteiger partial charge in [0, 0.05) is 24.3 Å². The Morgan fingerprint density at radius 1 is 1.38 bits per heavy atom. The molecule has 0 saturated heterocycles. The van der Waals surface area contributed by atoms with Crippen LogP contribution in [0.3, 0.4) is 0 Å². The first-order valence-electron chi connectivity index (χ1n) is 7.74. The van der Waals surface area contributed by atoms with E-state index in [1.165, 1.54) is 30.2 Å². The lowest BCUT2D eigenvalue weighted by atomic mass is 9.88. The van der Waals surface area contributed by atoms with Crippen LogP contribution < -0.4 is 5.73 Å². The van der Waals surface area contributed by atoms with E-state index < -0.39 is 0 Å². The maximum absolute atomic E-state index is 5.44. The van der Waals surface area contributed by atoms with E-state index in [0.29, 0.717) is 17.8 Å². The molecule has 1 aliphatic heterocycles. The molecule has 0 radical (unpaired) electrons. The van der Waals surface area contributed by atoms with Crippen molar-refractivity contribution < 1.29 is 0 Å². The highest BCUT2D eigenvalue weighted by molar-refractivity contribution is 5.45. The van der Waals surface area contributed by atoms with Crippen LogP contribution in [0.1, 0.15) is 26.7 Å². The smallest absolute Gasteiger partial charge is 0.0380 e. The van der Waals surface area contributed by atoms with E-state index >= 15 is 0 Å². The molecule has 2 nitrogen and oxygen atoms in total. The van der Waals surface area contributed by atoms with Crippen molar-refractivity contribution in [1.29, 1.82) is 0 Å². The van der Waals surface area contributed by atoms with E-state index in [9.17, 15) is 0 Å². The minimum Gasteiger partial charge on any atom is -0.403 e. The van der Waals surface area contributed by atoms with Crippen molar-refractivity contribution in [3.05, 3.63) is 71.9 Å². The first-order chi connectivity index (χ1) is 10.1. The molecule has 2 heteroatoms. The molecule has 0 bridgehead atoms. The number of nitrogens with two attached hydrogens (primary N) is 1. The second kappa shape index (κ2) is 5.44. The highest BCUT2D eigenvalue weighted by Crippen LogP contribution is 2.52. The zero-order chi connectivity index (χ0) is 15.0. The lowest BCUT2D eigenvalue weighted by Crippen LogP contribution is -2.11.